The van der Waals surface area contributed by atoms with Crippen molar-refractivity contribution in [3.05, 3.63) is 0 Å². The molecule has 0 aromatic carbocycles. The first-order valence-corrected chi connectivity index (χ1v) is 10.4. The highest BCUT2D eigenvalue weighted by Gasteiger charge is 2.41. The second-order valence-electron chi connectivity index (χ2n) is 8.83. The topological polar surface area (TPSA) is 38.8 Å². The van der Waals surface area contributed by atoms with Crippen LogP contribution in [0.2, 0.25) is 0 Å². The Kier molecular flexibility index (Phi) is 6.77. The van der Waals surface area contributed by atoms with Gasteiger partial charge in [-0.2, -0.15) is 0 Å². The molecule has 0 bridgehead atoms. The van der Waals surface area contributed by atoms with Crippen LogP contribution in [0, 0.1) is 11.8 Å². The van der Waals surface area contributed by atoms with Crippen molar-refractivity contribution >= 4 is 21.9 Å². The third-order valence-corrected chi connectivity index (χ3v) is 5.53. The third kappa shape index (κ3) is 5.70. The number of nitrogens with zero attached hydrogens (tertiary/aromatic N) is 1. The van der Waals surface area contributed by atoms with E-state index < -0.39 is 5.60 Å². The molecule has 1 aliphatic carbocycles. The number of carbonyl (C=O) groups is 1. The van der Waals surface area contributed by atoms with Gasteiger partial charge in [-0.25, -0.2) is 0 Å². The van der Waals surface area contributed by atoms with E-state index in [4.69, 9.17) is 9.47 Å². The Labute approximate surface area is 155 Å². The van der Waals surface area contributed by atoms with Gasteiger partial charge in [0, 0.05) is 18.4 Å². The molecule has 24 heavy (non-hydrogen) atoms. The molecular formula is C19H34BrNO3. The fraction of sp³-hybridized carbons (Fsp3) is 0.947. The summed E-state index contributed by atoms with van der Waals surface area (Å²) in [5.74, 6) is 0.608. The van der Waals surface area contributed by atoms with Crippen molar-refractivity contribution in [1.29, 1.82) is 0 Å². The zero-order valence-corrected chi connectivity index (χ0v) is 17.5. The van der Waals surface area contributed by atoms with Crippen LogP contribution >= 0.6 is 15.9 Å². The predicted molar refractivity (Wildman–Crippen MR) is 100 cm³/mol. The molecule has 0 aromatic rings. The van der Waals surface area contributed by atoms with E-state index in [0.717, 1.165) is 44.1 Å². The molecule has 5 heteroatoms. The van der Waals surface area contributed by atoms with Crippen LogP contribution in [-0.2, 0) is 14.3 Å². The largest absolute Gasteiger partial charge is 0.460 e. The number of carbonyl (C=O) groups excluding carboxylic acids is 1. The van der Waals surface area contributed by atoms with Gasteiger partial charge in [0.15, 0.2) is 0 Å². The van der Waals surface area contributed by atoms with Crippen LogP contribution in [0.3, 0.4) is 0 Å². The van der Waals surface area contributed by atoms with E-state index in [9.17, 15) is 4.79 Å². The summed E-state index contributed by atoms with van der Waals surface area (Å²) in [4.78, 5) is 14.9. The van der Waals surface area contributed by atoms with Crippen molar-refractivity contribution < 1.29 is 14.3 Å². The summed E-state index contributed by atoms with van der Waals surface area (Å²) < 4.78 is 11.8. The van der Waals surface area contributed by atoms with E-state index in [1.807, 2.05) is 20.8 Å². The average Bonchev–Trinajstić information content (AvgIpc) is 2.72. The molecule has 0 N–H and O–H groups in total. The van der Waals surface area contributed by atoms with Gasteiger partial charge in [0.2, 0.25) is 0 Å². The van der Waals surface area contributed by atoms with E-state index in [1.165, 1.54) is 6.42 Å². The minimum absolute atomic E-state index is 0.0127. The molecule has 1 saturated carbocycles. The molecule has 1 aliphatic heterocycles. The van der Waals surface area contributed by atoms with Gasteiger partial charge >= 0.3 is 5.97 Å². The Morgan fingerprint density at radius 2 is 2.04 bits per heavy atom. The van der Waals surface area contributed by atoms with Crippen LogP contribution in [0.5, 0.6) is 0 Å². The monoisotopic (exact) mass is 403 g/mol. The first-order chi connectivity index (χ1) is 11.1. The van der Waals surface area contributed by atoms with Crippen molar-refractivity contribution in [3.8, 4) is 0 Å². The summed E-state index contributed by atoms with van der Waals surface area (Å²) in [6, 6.07) is 0. The lowest BCUT2D eigenvalue weighted by molar-refractivity contribution is -0.162. The standard InChI is InChI=1S/C19H34BrNO3/c1-18(2,3)24-17(22)15-8-6-7-14(11-15)12-21-13-16(9-10-20)23-19(21,4)5/h14-16H,6-13H2,1-5H3. The van der Waals surface area contributed by atoms with Crippen molar-refractivity contribution in [3.63, 3.8) is 0 Å². The fourth-order valence-corrected chi connectivity index (χ4v) is 4.43. The summed E-state index contributed by atoms with van der Waals surface area (Å²) in [5, 5.41) is 0.978. The molecule has 3 atom stereocenters. The van der Waals surface area contributed by atoms with Gasteiger partial charge in [0.1, 0.15) is 11.3 Å². The number of halogens is 1. The molecule has 4 nitrogen and oxygen atoms in total. The van der Waals surface area contributed by atoms with Gasteiger partial charge in [0.25, 0.3) is 0 Å². The second-order valence-corrected chi connectivity index (χ2v) is 9.63. The summed E-state index contributed by atoms with van der Waals surface area (Å²) in [5.41, 5.74) is -0.594. The minimum atomic E-state index is -0.391. The van der Waals surface area contributed by atoms with Crippen LogP contribution < -0.4 is 0 Å². The Bertz CT molecular complexity index is 433. The summed E-state index contributed by atoms with van der Waals surface area (Å²) >= 11 is 3.51. The summed E-state index contributed by atoms with van der Waals surface area (Å²) in [7, 11) is 0. The van der Waals surface area contributed by atoms with E-state index in [1.54, 1.807) is 0 Å². The van der Waals surface area contributed by atoms with Crippen LogP contribution in [0.15, 0.2) is 0 Å². The maximum absolute atomic E-state index is 12.4. The van der Waals surface area contributed by atoms with E-state index >= 15 is 0 Å². The Balaban J connectivity index is 1.89. The smallest absolute Gasteiger partial charge is 0.309 e. The van der Waals surface area contributed by atoms with Gasteiger partial charge in [-0.1, -0.05) is 22.4 Å². The maximum Gasteiger partial charge on any atom is 0.309 e. The highest BCUT2D eigenvalue weighted by Crippen LogP contribution is 2.35. The lowest BCUT2D eigenvalue weighted by Crippen LogP contribution is -2.43. The maximum atomic E-state index is 12.4. The van der Waals surface area contributed by atoms with Crippen molar-refractivity contribution in [2.24, 2.45) is 11.8 Å². The first-order valence-electron chi connectivity index (χ1n) is 9.32. The van der Waals surface area contributed by atoms with Crippen molar-refractivity contribution in [1.82, 2.24) is 4.90 Å². The lowest BCUT2D eigenvalue weighted by atomic mass is 9.81. The van der Waals surface area contributed by atoms with Crippen LogP contribution in [-0.4, -0.2) is 46.7 Å². The average molecular weight is 404 g/mol. The van der Waals surface area contributed by atoms with Crippen LogP contribution in [0.4, 0.5) is 0 Å². The Morgan fingerprint density at radius 3 is 2.67 bits per heavy atom. The second kappa shape index (κ2) is 8.05. The molecule has 140 valence electrons. The Hall–Kier alpha value is -0.130. The highest BCUT2D eigenvalue weighted by atomic mass is 79.9. The zero-order chi connectivity index (χ0) is 18.0. The van der Waals surface area contributed by atoms with E-state index in [0.29, 0.717) is 12.0 Å². The quantitative estimate of drug-likeness (QED) is 0.504. The van der Waals surface area contributed by atoms with Gasteiger partial charge in [-0.15, -0.1) is 0 Å². The number of hydrogen-bond donors (Lipinski definition) is 0. The van der Waals surface area contributed by atoms with E-state index in [-0.39, 0.29) is 17.6 Å². The molecule has 1 heterocycles. The van der Waals surface area contributed by atoms with Crippen molar-refractivity contribution in [2.45, 2.75) is 84.2 Å². The predicted octanol–water partition coefficient (Wildman–Crippen LogP) is 4.36. The zero-order valence-electron chi connectivity index (χ0n) is 15.9. The molecule has 0 aromatic heterocycles. The van der Waals surface area contributed by atoms with Crippen LogP contribution in [0.25, 0.3) is 0 Å². The molecule has 2 fully saturated rings. The molecular weight excluding hydrogens is 370 g/mol. The molecule has 2 rings (SSSR count). The molecule has 3 unspecified atom stereocenters. The minimum Gasteiger partial charge on any atom is -0.460 e. The number of esters is 1. The van der Waals surface area contributed by atoms with Gasteiger partial charge in [-0.05, 0) is 66.2 Å². The lowest BCUT2D eigenvalue weighted by Gasteiger charge is -2.36. The highest BCUT2D eigenvalue weighted by molar-refractivity contribution is 9.09. The SMILES string of the molecule is CC(C)(C)OC(=O)C1CCCC(CN2CC(CCBr)OC2(C)C)C1. The van der Waals surface area contributed by atoms with Crippen LogP contribution in [0.1, 0.15) is 66.7 Å². The number of rotatable bonds is 5. The number of alkyl halides is 1. The van der Waals surface area contributed by atoms with E-state index in [2.05, 4.69) is 34.7 Å². The van der Waals surface area contributed by atoms with Crippen molar-refractivity contribution in [2.75, 3.05) is 18.4 Å². The first kappa shape index (κ1) is 20.2. The molecule has 0 amide bonds. The normalized spacial score (nSPS) is 31.2. The van der Waals surface area contributed by atoms with Gasteiger partial charge < -0.3 is 9.47 Å². The third-order valence-electron chi connectivity index (χ3n) is 5.07. The molecule has 2 aliphatic rings. The van der Waals surface area contributed by atoms with Gasteiger partial charge in [-0.3, -0.25) is 9.69 Å². The molecule has 1 saturated heterocycles. The fourth-order valence-electron chi connectivity index (χ4n) is 3.92. The Morgan fingerprint density at radius 1 is 1.33 bits per heavy atom. The summed E-state index contributed by atoms with van der Waals surface area (Å²) in [6.07, 6.45) is 5.60. The molecule has 0 radical (unpaired) electrons. The summed E-state index contributed by atoms with van der Waals surface area (Å²) in [6.45, 7) is 12.2. The van der Waals surface area contributed by atoms with Gasteiger partial charge in [0.05, 0.1) is 12.0 Å². The number of ether oxygens (including phenoxy) is 2. The molecule has 0 spiro atoms. The number of hydrogen-bond acceptors (Lipinski definition) is 4.